The molecular formula is C24H47N. The molecule has 0 aliphatic heterocycles. The number of hydrogen-bond donors (Lipinski definition) is 1. The third-order valence-electron chi connectivity index (χ3n) is 4.90. The lowest BCUT2D eigenvalue weighted by atomic mass is 10.0. The Bertz CT molecular complexity index is 280. The Morgan fingerprint density at radius 3 is 1.32 bits per heavy atom. The Balaban J connectivity index is 3.10. The highest BCUT2D eigenvalue weighted by atomic mass is 14.5. The molecule has 25 heavy (non-hydrogen) atoms. The van der Waals surface area contributed by atoms with Gasteiger partial charge < -0.3 is 5.73 Å². The average Bonchev–Trinajstić information content (AvgIpc) is 2.63. The third kappa shape index (κ3) is 23.4. The standard InChI is InChI=1S/C24H47N/c1-2-3-4-5-6-7-8-9-10-11-12-13-14-15-16-17-18-19-20-21-22-23-24-25/h6-7,9-10H,2-5,8,11-25H2,1H3/b7-6+,10-9+. The van der Waals surface area contributed by atoms with Crippen LogP contribution in [0.2, 0.25) is 0 Å². The van der Waals surface area contributed by atoms with Crippen molar-refractivity contribution < 1.29 is 0 Å². The number of allylic oxidation sites excluding steroid dienone is 4. The van der Waals surface area contributed by atoms with E-state index >= 15 is 0 Å². The van der Waals surface area contributed by atoms with Gasteiger partial charge in [0, 0.05) is 0 Å². The maximum atomic E-state index is 5.51. The zero-order valence-electron chi connectivity index (χ0n) is 17.3. The molecule has 0 saturated heterocycles. The number of nitrogens with two attached hydrogens (primary N) is 1. The van der Waals surface area contributed by atoms with Crippen molar-refractivity contribution in [3.8, 4) is 0 Å². The monoisotopic (exact) mass is 349 g/mol. The first-order valence-corrected chi connectivity index (χ1v) is 11.4. The van der Waals surface area contributed by atoms with Crippen molar-refractivity contribution in [2.75, 3.05) is 6.54 Å². The van der Waals surface area contributed by atoms with Crippen LogP contribution >= 0.6 is 0 Å². The summed E-state index contributed by atoms with van der Waals surface area (Å²) in [5.74, 6) is 0. The lowest BCUT2D eigenvalue weighted by Crippen LogP contribution is -1.97. The Labute approximate surface area is 159 Å². The van der Waals surface area contributed by atoms with Gasteiger partial charge in [0.1, 0.15) is 0 Å². The fraction of sp³-hybridized carbons (Fsp3) is 0.833. The van der Waals surface area contributed by atoms with E-state index in [9.17, 15) is 0 Å². The van der Waals surface area contributed by atoms with E-state index in [4.69, 9.17) is 5.73 Å². The highest BCUT2D eigenvalue weighted by Gasteiger charge is 1.93. The summed E-state index contributed by atoms with van der Waals surface area (Å²) in [5, 5.41) is 0. The molecule has 0 aliphatic carbocycles. The molecule has 0 aromatic rings. The lowest BCUT2D eigenvalue weighted by Gasteiger charge is -2.02. The molecule has 1 heteroatoms. The molecule has 0 saturated carbocycles. The minimum atomic E-state index is 0.867. The molecule has 0 rings (SSSR count). The molecule has 0 atom stereocenters. The van der Waals surface area contributed by atoms with Crippen molar-refractivity contribution in [3.05, 3.63) is 24.3 Å². The molecule has 0 heterocycles. The molecule has 0 unspecified atom stereocenters. The van der Waals surface area contributed by atoms with Gasteiger partial charge in [-0.3, -0.25) is 0 Å². The van der Waals surface area contributed by atoms with Crippen LogP contribution in [-0.2, 0) is 0 Å². The van der Waals surface area contributed by atoms with Gasteiger partial charge in [-0.25, -0.2) is 0 Å². The van der Waals surface area contributed by atoms with Gasteiger partial charge in [0.2, 0.25) is 0 Å². The van der Waals surface area contributed by atoms with Crippen molar-refractivity contribution >= 4 is 0 Å². The Hall–Kier alpha value is -0.560. The number of rotatable bonds is 20. The van der Waals surface area contributed by atoms with Gasteiger partial charge in [0.25, 0.3) is 0 Å². The molecule has 148 valence electrons. The molecule has 1 nitrogen and oxygen atoms in total. The normalized spacial score (nSPS) is 11.9. The molecule has 0 aromatic heterocycles. The minimum absolute atomic E-state index is 0.867. The summed E-state index contributed by atoms with van der Waals surface area (Å²) in [6.07, 6.45) is 33.9. The van der Waals surface area contributed by atoms with E-state index in [2.05, 4.69) is 31.2 Å². The van der Waals surface area contributed by atoms with Crippen LogP contribution in [0.25, 0.3) is 0 Å². The topological polar surface area (TPSA) is 26.0 Å². The summed E-state index contributed by atoms with van der Waals surface area (Å²) in [6, 6.07) is 0. The molecule has 0 amide bonds. The molecule has 0 bridgehead atoms. The fourth-order valence-electron chi connectivity index (χ4n) is 3.19. The van der Waals surface area contributed by atoms with Crippen LogP contribution in [0.1, 0.15) is 122 Å². The van der Waals surface area contributed by atoms with Gasteiger partial charge in [-0.05, 0) is 45.1 Å². The molecule has 2 N–H and O–H groups in total. The molecule has 0 spiro atoms. The van der Waals surface area contributed by atoms with Crippen LogP contribution in [0.15, 0.2) is 24.3 Å². The first-order valence-electron chi connectivity index (χ1n) is 11.4. The van der Waals surface area contributed by atoms with Gasteiger partial charge in [-0.1, -0.05) is 108 Å². The molecular weight excluding hydrogens is 302 g/mol. The number of unbranched alkanes of at least 4 members (excludes halogenated alkanes) is 15. The van der Waals surface area contributed by atoms with Crippen LogP contribution in [0.4, 0.5) is 0 Å². The summed E-state index contributed by atoms with van der Waals surface area (Å²) < 4.78 is 0. The second-order valence-electron chi connectivity index (χ2n) is 7.49. The fourth-order valence-corrected chi connectivity index (χ4v) is 3.19. The first-order chi connectivity index (χ1) is 12.4. The van der Waals surface area contributed by atoms with Crippen molar-refractivity contribution in [1.29, 1.82) is 0 Å². The zero-order valence-corrected chi connectivity index (χ0v) is 17.3. The van der Waals surface area contributed by atoms with E-state index in [1.54, 1.807) is 0 Å². The van der Waals surface area contributed by atoms with Crippen molar-refractivity contribution in [1.82, 2.24) is 0 Å². The second kappa shape index (κ2) is 23.4. The predicted molar refractivity (Wildman–Crippen MR) is 116 cm³/mol. The van der Waals surface area contributed by atoms with E-state index in [1.807, 2.05) is 0 Å². The van der Waals surface area contributed by atoms with Gasteiger partial charge in [-0.2, -0.15) is 0 Å². The van der Waals surface area contributed by atoms with E-state index < -0.39 is 0 Å². The van der Waals surface area contributed by atoms with Crippen LogP contribution in [0.3, 0.4) is 0 Å². The molecule has 0 aliphatic rings. The average molecular weight is 350 g/mol. The summed E-state index contributed by atoms with van der Waals surface area (Å²) in [4.78, 5) is 0. The summed E-state index contributed by atoms with van der Waals surface area (Å²) >= 11 is 0. The smallest absolute Gasteiger partial charge is 0.00773 e. The number of hydrogen-bond acceptors (Lipinski definition) is 1. The zero-order chi connectivity index (χ0) is 18.3. The highest BCUT2D eigenvalue weighted by Crippen LogP contribution is 2.12. The SMILES string of the molecule is CCCCC/C=C/C/C=C/CCCCCCCCCCCCCCN. The van der Waals surface area contributed by atoms with E-state index in [0.29, 0.717) is 0 Å². The summed E-state index contributed by atoms with van der Waals surface area (Å²) in [6.45, 7) is 3.13. The summed E-state index contributed by atoms with van der Waals surface area (Å²) in [7, 11) is 0. The van der Waals surface area contributed by atoms with E-state index in [0.717, 1.165) is 13.0 Å². The Morgan fingerprint density at radius 1 is 0.480 bits per heavy atom. The highest BCUT2D eigenvalue weighted by molar-refractivity contribution is 4.92. The van der Waals surface area contributed by atoms with Crippen molar-refractivity contribution in [2.24, 2.45) is 5.73 Å². The molecule has 0 fully saturated rings. The van der Waals surface area contributed by atoms with Crippen molar-refractivity contribution in [3.63, 3.8) is 0 Å². The Morgan fingerprint density at radius 2 is 0.880 bits per heavy atom. The summed E-state index contributed by atoms with van der Waals surface area (Å²) in [5.41, 5.74) is 5.51. The van der Waals surface area contributed by atoms with Gasteiger partial charge in [0.15, 0.2) is 0 Å². The maximum Gasteiger partial charge on any atom is -0.00773 e. The van der Waals surface area contributed by atoms with Crippen molar-refractivity contribution in [2.45, 2.75) is 122 Å². The molecule has 0 radical (unpaired) electrons. The van der Waals surface area contributed by atoms with Crippen LogP contribution in [0.5, 0.6) is 0 Å². The van der Waals surface area contributed by atoms with E-state index in [-0.39, 0.29) is 0 Å². The first kappa shape index (κ1) is 24.4. The van der Waals surface area contributed by atoms with Gasteiger partial charge in [-0.15, -0.1) is 0 Å². The van der Waals surface area contributed by atoms with E-state index in [1.165, 1.54) is 109 Å². The van der Waals surface area contributed by atoms with Crippen LogP contribution < -0.4 is 5.73 Å². The predicted octanol–water partition coefficient (Wildman–Crippen LogP) is 8.10. The Kier molecular flexibility index (Phi) is 22.9. The molecule has 0 aromatic carbocycles. The van der Waals surface area contributed by atoms with Gasteiger partial charge >= 0.3 is 0 Å². The minimum Gasteiger partial charge on any atom is -0.330 e. The third-order valence-corrected chi connectivity index (χ3v) is 4.90. The largest absolute Gasteiger partial charge is 0.330 e. The van der Waals surface area contributed by atoms with Crippen LogP contribution in [0, 0.1) is 0 Å². The second-order valence-corrected chi connectivity index (χ2v) is 7.49. The van der Waals surface area contributed by atoms with Crippen LogP contribution in [-0.4, -0.2) is 6.54 Å². The van der Waals surface area contributed by atoms with Gasteiger partial charge in [0.05, 0.1) is 0 Å². The maximum absolute atomic E-state index is 5.51. The lowest BCUT2D eigenvalue weighted by molar-refractivity contribution is 0.542. The quantitative estimate of drug-likeness (QED) is 0.174.